The SMILES string of the molecule is C=Cc1cc(C)c(CC)c(OC)c1. The van der Waals surface area contributed by atoms with Gasteiger partial charge in [-0.25, -0.2) is 0 Å². The van der Waals surface area contributed by atoms with E-state index in [-0.39, 0.29) is 0 Å². The maximum atomic E-state index is 5.31. The van der Waals surface area contributed by atoms with Crippen LogP contribution in [0.25, 0.3) is 6.08 Å². The molecule has 1 aromatic carbocycles. The van der Waals surface area contributed by atoms with E-state index in [1.807, 2.05) is 12.1 Å². The molecule has 0 atom stereocenters. The number of methoxy groups -OCH3 is 1. The summed E-state index contributed by atoms with van der Waals surface area (Å²) in [5, 5.41) is 0. The van der Waals surface area contributed by atoms with E-state index in [0.29, 0.717) is 0 Å². The van der Waals surface area contributed by atoms with E-state index in [4.69, 9.17) is 4.74 Å². The Kier molecular flexibility index (Phi) is 3.13. The molecule has 0 aromatic heterocycles. The topological polar surface area (TPSA) is 9.23 Å². The molecule has 0 N–H and O–H groups in total. The molecule has 0 saturated carbocycles. The van der Waals surface area contributed by atoms with Gasteiger partial charge < -0.3 is 4.74 Å². The zero-order chi connectivity index (χ0) is 9.84. The first kappa shape index (κ1) is 9.85. The van der Waals surface area contributed by atoms with E-state index in [1.165, 1.54) is 11.1 Å². The first-order valence-electron chi connectivity index (χ1n) is 4.52. The zero-order valence-corrected chi connectivity index (χ0v) is 8.55. The van der Waals surface area contributed by atoms with Gasteiger partial charge in [0.2, 0.25) is 0 Å². The smallest absolute Gasteiger partial charge is 0.122 e. The van der Waals surface area contributed by atoms with Gasteiger partial charge in [-0.2, -0.15) is 0 Å². The van der Waals surface area contributed by atoms with Crippen LogP contribution in [0.1, 0.15) is 23.6 Å². The molecular formula is C12H16O. The van der Waals surface area contributed by atoms with Gasteiger partial charge in [0.1, 0.15) is 5.75 Å². The Hall–Kier alpha value is -1.24. The Morgan fingerprint density at radius 1 is 1.46 bits per heavy atom. The minimum Gasteiger partial charge on any atom is -0.496 e. The van der Waals surface area contributed by atoms with Crippen LogP contribution in [0.15, 0.2) is 18.7 Å². The third-order valence-corrected chi connectivity index (χ3v) is 2.26. The Morgan fingerprint density at radius 2 is 2.15 bits per heavy atom. The lowest BCUT2D eigenvalue weighted by Gasteiger charge is -2.10. The van der Waals surface area contributed by atoms with Gasteiger partial charge in [0.25, 0.3) is 0 Å². The first-order chi connectivity index (χ1) is 6.22. The molecule has 0 bridgehead atoms. The van der Waals surface area contributed by atoms with Crippen LogP contribution >= 0.6 is 0 Å². The summed E-state index contributed by atoms with van der Waals surface area (Å²) < 4.78 is 5.31. The molecule has 0 saturated heterocycles. The van der Waals surface area contributed by atoms with E-state index < -0.39 is 0 Å². The van der Waals surface area contributed by atoms with Crippen LogP contribution in [0.4, 0.5) is 0 Å². The predicted molar refractivity (Wildman–Crippen MR) is 57.2 cm³/mol. The monoisotopic (exact) mass is 176 g/mol. The van der Waals surface area contributed by atoms with E-state index in [1.54, 1.807) is 7.11 Å². The Bertz CT molecular complexity index is 313. The summed E-state index contributed by atoms with van der Waals surface area (Å²) in [6, 6.07) is 4.16. The molecule has 13 heavy (non-hydrogen) atoms. The number of hydrogen-bond donors (Lipinski definition) is 0. The molecule has 0 heterocycles. The molecular weight excluding hydrogens is 160 g/mol. The summed E-state index contributed by atoms with van der Waals surface area (Å²) >= 11 is 0. The van der Waals surface area contributed by atoms with Crippen LogP contribution in [0.2, 0.25) is 0 Å². The summed E-state index contributed by atoms with van der Waals surface area (Å²) in [6.45, 7) is 7.99. The standard InChI is InChI=1S/C12H16O/c1-5-10-7-9(3)11(6-2)12(8-10)13-4/h5,7-8H,1,6H2,2-4H3. The lowest BCUT2D eigenvalue weighted by atomic mass is 10.0. The predicted octanol–water partition coefficient (Wildman–Crippen LogP) is 3.21. The van der Waals surface area contributed by atoms with Gasteiger partial charge in [0, 0.05) is 0 Å². The van der Waals surface area contributed by atoms with Crippen molar-refractivity contribution in [3.8, 4) is 5.75 Å². The maximum absolute atomic E-state index is 5.31. The average Bonchev–Trinajstić information content (AvgIpc) is 2.16. The fourth-order valence-corrected chi connectivity index (χ4v) is 1.56. The highest BCUT2D eigenvalue weighted by Gasteiger charge is 2.04. The van der Waals surface area contributed by atoms with Gasteiger partial charge in [0.15, 0.2) is 0 Å². The van der Waals surface area contributed by atoms with Crippen molar-refractivity contribution in [1.29, 1.82) is 0 Å². The van der Waals surface area contributed by atoms with E-state index in [2.05, 4.69) is 26.5 Å². The fourth-order valence-electron chi connectivity index (χ4n) is 1.56. The van der Waals surface area contributed by atoms with Gasteiger partial charge >= 0.3 is 0 Å². The van der Waals surface area contributed by atoms with Crippen molar-refractivity contribution in [2.24, 2.45) is 0 Å². The number of hydrogen-bond acceptors (Lipinski definition) is 1. The van der Waals surface area contributed by atoms with Crippen LogP contribution in [0.5, 0.6) is 5.75 Å². The molecule has 0 fully saturated rings. The molecule has 0 unspecified atom stereocenters. The average molecular weight is 176 g/mol. The lowest BCUT2D eigenvalue weighted by molar-refractivity contribution is 0.409. The van der Waals surface area contributed by atoms with Gasteiger partial charge in [-0.15, -0.1) is 0 Å². The van der Waals surface area contributed by atoms with Gasteiger partial charge in [-0.3, -0.25) is 0 Å². The van der Waals surface area contributed by atoms with Crippen LogP contribution in [0, 0.1) is 6.92 Å². The Morgan fingerprint density at radius 3 is 2.62 bits per heavy atom. The molecule has 1 heteroatoms. The van der Waals surface area contributed by atoms with E-state index >= 15 is 0 Å². The van der Waals surface area contributed by atoms with Crippen molar-refractivity contribution in [3.05, 3.63) is 35.4 Å². The normalized spacial score (nSPS) is 9.77. The van der Waals surface area contributed by atoms with Crippen LogP contribution in [0.3, 0.4) is 0 Å². The molecule has 0 amide bonds. The quantitative estimate of drug-likeness (QED) is 0.687. The van der Waals surface area contributed by atoms with Gasteiger partial charge in [-0.1, -0.05) is 25.6 Å². The molecule has 0 aliphatic rings. The second kappa shape index (κ2) is 4.13. The number of ether oxygens (including phenoxy) is 1. The van der Waals surface area contributed by atoms with E-state index in [9.17, 15) is 0 Å². The molecule has 0 aliphatic carbocycles. The van der Waals surface area contributed by atoms with Gasteiger partial charge in [0.05, 0.1) is 7.11 Å². The second-order valence-electron chi connectivity index (χ2n) is 3.08. The third-order valence-electron chi connectivity index (χ3n) is 2.26. The highest BCUT2D eigenvalue weighted by Crippen LogP contribution is 2.25. The van der Waals surface area contributed by atoms with Crippen LogP contribution in [-0.2, 0) is 6.42 Å². The van der Waals surface area contributed by atoms with Gasteiger partial charge in [-0.05, 0) is 36.1 Å². The van der Waals surface area contributed by atoms with Crippen molar-refractivity contribution in [1.82, 2.24) is 0 Å². The van der Waals surface area contributed by atoms with Crippen LogP contribution < -0.4 is 4.74 Å². The molecule has 0 radical (unpaired) electrons. The minimum absolute atomic E-state index is 0.970. The summed E-state index contributed by atoms with van der Waals surface area (Å²) in [6.07, 6.45) is 2.85. The van der Waals surface area contributed by atoms with E-state index in [0.717, 1.165) is 17.7 Å². The highest BCUT2D eigenvalue weighted by atomic mass is 16.5. The Labute approximate surface area is 80.0 Å². The largest absolute Gasteiger partial charge is 0.496 e. The summed E-state index contributed by atoms with van der Waals surface area (Å²) in [5.74, 6) is 0.970. The Balaban J connectivity index is 3.28. The van der Waals surface area contributed by atoms with Crippen molar-refractivity contribution >= 4 is 6.08 Å². The molecule has 0 aliphatic heterocycles. The molecule has 0 spiro atoms. The maximum Gasteiger partial charge on any atom is 0.122 e. The minimum atomic E-state index is 0.970. The fraction of sp³-hybridized carbons (Fsp3) is 0.333. The lowest BCUT2D eigenvalue weighted by Crippen LogP contribution is -1.94. The number of benzene rings is 1. The van der Waals surface area contributed by atoms with Crippen molar-refractivity contribution in [3.63, 3.8) is 0 Å². The second-order valence-corrected chi connectivity index (χ2v) is 3.08. The van der Waals surface area contributed by atoms with Crippen molar-refractivity contribution in [2.45, 2.75) is 20.3 Å². The van der Waals surface area contributed by atoms with Crippen molar-refractivity contribution in [2.75, 3.05) is 7.11 Å². The molecule has 1 nitrogen and oxygen atoms in total. The zero-order valence-electron chi connectivity index (χ0n) is 8.55. The summed E-state index contributed by atoms with van der Waals surface area (Å²) in [5.41, 5.74) is 3.68. The first-order valence-corrected chi connectivity index (χ1v) is 4.52. The highest BCUT2D eigenvalue weighted by molar-refractivity contribution is 5.55. The molecule has 70 valence electrons. The number of rotatable bonds is 3. The van der Waals surface area contributed by atoms with Crippen molar-refractivity contribution < 1.29 is 4.74 Å². The summed E-state index contributed by atoms with van der Waals surface area (Å²) in [7, 11) is 1.71. The third kappa shape index (κ3) is 1.92. The van der Waals surface area contributed by atoms with Crippen LogP contribution in [-0.4, -0.2) is 7.11 Å². The molecule has 1 aromatic rings. The summed E-state index contributed by atoms with van der Waals surface area (Å²) in [4.78, 5) is 0. The number of aryl methyl sites for hydroxylation is 1. The molecule has 1 rings (SSSR count).